The quantitative estimate of drug-likeness (QED) is 0.598. The molecule has 0 aromatic heterocycles. The minimum absolute atomic E-state index is 0.0365. The Labute approximate surface area is 188 Å². The molecule has 1 atom stereocenters. The number of hydrogen-bond donors (Lipinski definition) is 0. The molecule has 0 saturated carbocycles. The molecular weight excluding hydrogens is 412 g/mol. The van der Waals surface area contributed by atoms with E-state index in [9.17, 15) is 18.0 Å². The van der Waals surface area contributed by atoms with Crippen LogP contribution in [0.4, 0.5) is 4.79 Å². The summed E-state index contributed by atoms with van der Waals surface area (Å²) >= 11 is 0. The standard InChI is InChI=1S/C24H38N2O4S/c1-14(2)18-11-19(15(3)4)22(20(12-18)16(5)6)31(29,30)25-13-21(24(8,9)10)26(17(7)27)23(25)28/h11-12,14-16,21H,13H2,1-10H3/t21-/m0/s1. The fourth-order valence-electron chi connectivity index (χ4n) is 4.08. The minimum atomic E-state index is -4.15. The number of carbonyl (C=O) groups is 2. The van der Waals surface area contributed by atoms with Gasteiger partial charge in [0.15, 0.2) is 0 Å². The van der Waals surface area contributed by atoms with Gasteiger partial charge >= 0.3 is 6.03 Å². The summed E-state index contributed by atoms with van der Waals surface area (Å²) in [6.07, 6.45) is 0. The van der Waals surface area contributed by atoms with Crippen LogP contribution in [-0.4, -0.2) is 42.1 Å². The molecule has 1 aliphatic heterocycles. The number of imide groups is 1. The lowest BCUT2D eigenvalue weighted by molar-refractivity contribution is -0.128. The van der Waals surface area contributed by atoms with Crippen molar-refractivity contribution < 1.29 is 18.0 Å². The Balaban J connectivity index is 2.78. The van der Waals surface area contributed by atoms with E-state index in [4.69, 9.17) is 0 Å². The SMILES string of the molecule is CC(=O)N1C(=O)N(S(=O)(=O)c2c(C(C)C)cc(C(C)C)cc2C(C)C)C[C@H]1C(C)(C)C. The fraction of sp³-hybridized carbons (Fsp3) is 0.667. The molecule has 1 saturated heterocycles. The summed E-state index contributed by atoms with van der Waals surface area (Å²) in [6.45, 7) is 19.0. The number of amides is 3. The Hall–Kier alpha value is -1.89. The lowest BCUT2D eigenvalue weighted by atomic mass is 9.86. The molecule has 1 heterocycles. The van der Waals surface area contributed by atoms with Gasteiger partial charge in [0.25, 0.3) is 10.0 Å². The highest BCUT2D eigenvalue weighted by atomic mass is 32.2. The van der Waals surface area contributed by atoms with E-state index in [1.807, 2.05) is 60.6 Å². The molecule has 0 unspecified atom stereocenters. The van der Waals surface area contributed by atoms with Crippen molar-refractivity contribution in [1.29, 1.82) is 0 Å². The van der Waals surface area contributed by atoms with Crippen molar-refractivity contribution in [3.63, 3.8) is 0 Å². The molecule has 0 radical (unpaired) electrons. The Morgan fingerprint density at radius 3 is 1.71 bits per heavy atom. The number of sulfonamides is 1. The Morgan fingerprint density at radius 1 is 0.968 bits per heavy atom. The lowest BCUT2D eigenvalue weighted by Crippen LogP contribution is -2.45. The zero-order valence-corrected chi connectivity index (χ0v) is 21.4. The van der Waals surface area contributed by atoms with Crippen molar-refractivity contribution >= 4 is 22.0 Å². The third-order valence-corrected chi connectivity index (χ3v) is 7.91. The predicted octanol–water partition coefficient (Wildman–Crippen LogP) is 5.44. The van der Waals surface area contributed by atoms with Crippen LogP contribution in [0, 0.1) is 5.41 Å². The first-order valence-electron chi connectivity index (χ1n) is 11.1. The second-order valence-electron chi connectivity index (χ2n) is 10.6. The maximum absolute atomic E-state index is 14.0. The van der Waals surface area contributed by atoms with Gasteiger partial charge in [0.1, 0.15) is 0 Å². The summed E-state index contributed by atoms with van der Waals surface area (Å²) in [5.74, 6) is -0.272. The fourth-order valence-corrected chi connectivity index (χ4v) is 6.12. The number of benzene rings is 1. The molecule has 1 aliphatic rings. The molecule has 6 nitrogen and oxygen atoms in total. The first kappa shape index (κ1) is 25.4. The minimum Gasteiger partial charge on any atom is -0.275 e. The van der Waals surface area contributed by atoms with E-state index in [2.05, 4.69) is 13.8 Å². The number of hydrogen-bond acceptors (Lipinski definition) is 4. The van der Waals surface area contributed by atoms with Crippen LogP contribution in [0.25, 0.3) is 0 Å². The molecule has 2 rings (SSSR count). The molecule has 3 amide bonds. The molecule has 31 heavy (non-hydrogen) atoms. The van der Waals surface area contributed by atoms with Crippen LogP contribution in [0.1, 0.15) is 104 Å². The number of urea groups is 1. The average molecular weight is 451 g/mol. The third-order valence-electron chi connectivity index (χ3n) is 6.04. The maximum atomic E-state index is 14.0. The van der Waals surface area contributed by atoms with Gasteiger partial charge in [-0.15, -0.1) is 0 Å². The maximum Gasteiger partial charge on any atom is 0.341 e. The van der Waals surface area contributed by atoms with E-state index in [1.165, 1.54) is 6.92 Å². The molecular formula is C24H38N2O4S. The van der Waals surface area contributed by atoms with Crippen LogP contribution >= 0.6 is 0 Å². The molecule has 1 aromatic rings. The van der Waals surface area contributed by atoms with E-state index in [-0.39, 0.29) is 29.2 Å². The molecule has 1 aromatic carbocycles. The number of rotatable bonds is 5. The summed E-state index contributed by atoms with van der Waals surface area (Å²) in [6, 6.07) is 2.63. The first-order chi connectivity index (χ1) is 14.0. The first-order valence-corrected chi connectivity index (χ1v) is 12.5. The second kappa shape index (κ2) is 8.57. The van der Waals surface area contributed by atoms with E-state index >= 15 is 0 Å². The summed E-state index contributed by atoms with van der Waals surface area (Å²) in [5.41, 5.74) is 2.07. The van der Waals surface area contributed by atoms with Crippen LogP contribution in [-0.2, 0) is 14.8 Å². The summed E-state index contributed by atoms with van der Waals surface area (Å²) < 4.78 is 28.9. The van der Waals surface area contributed by atoms with Gasteiger partial charge in [-0.25, -0.2) is 17.5 Å². The zero-order chi connectivity index (χ0) is 24.0. The summed E-state index contributed by atoms with van der Waals surface area (Å²) in [4.78, 5) is 26.8. The van der Waals surface area contributed by atoms with Crippen molar-refractivity contribution in [2.75, 3.05) is 6.54 Å². The molecule has 0 bridgehead atoms. The Bertz CT molecular complexity index is 943. The second-order valence-corrected chi connectivity index (χ2v) is 12.4. The van der Waals surface area contributed by atoms with E-state index in [1.54, 1.807) is 0 Å². The third kappa shape index (κ3) is 4.66. The predicted molar refractivity (Wildman–Crippen MR) is 124 cm³/mol. The zero-order valence-electron chi connectivity index (χ0n) is 20.6. The van der Waals surface area contributed by atoms with Crippen molar-refractivity contribution in [2.24, 2.45) is 5.41 Å². The van der Waals surface area contributed by atoms with Crippen LogP contribution in [0.5, 0.6) is 0 Å². The highest BCUT2D eigenvalue weighted by Crippen LogP contribution is 2.40. The Kier molecular flexibility index (Phi) is 7.01. The van der Waals surface area contributed by atoms with Crippen molar-refractivity contribution in [3.05, 3.63) is 28.8 Å². The molecule has 0 spiro atoms. The monoisotopic (exact) mass is 450 g/mol. The normalized spacial score (nSPS) is 18.1. The van der Waals surface area contributed by atoms with Crippen molar-refractivity contribution in [3.8, 4) is 0 Å². The van der Waals surface area contributed by atoms with Gasteiger partial charge in [-0.3, -0.25) is 9.69 Å². The van der Waals surface area contributed by atoms with Crippen LogP contribution in [0.2, 0.25) is 0 Å². The molecule has 1 fully saturated rings. The molecule has 0 N–H and O–H groups in total. The highest BCUT2D eigenvalue weighted by molar-refractivity contribution is 7.89. The smallest absolute Gasteiger partial charge is 0.275 e. The average Bonchev–Trinajstić information content (AvgIpc) is 2.98. The van der Waals surface area contributed by atoms with Gasteiger partial charge in [-0.05, 0) is 39.9 Å². The number of carbonyl (C=O) groups excluding carboxylic acids is 2. The summed E-state index contributed by atoms with van der Waals surface area (Å²) in [7, 11) is -4.15. The highest BCUT2D eigenvalue weighted by Gasteiger charge is 2.50. The Morgan fingerprint density at radius 2 is 1.42 bits per heavy atom. The van der Waals surface area contributed by atoms with Gasteiger partial charge in [-0.2, -0.15) is 0 Å². The van der Waals surface area contributed by atoms with Gasteiger partial charge in [0, 0.05) is 6.92 Å². The molecule has 7 heteroatoms. The largest absolute Gasteiger partial charge is 0.341 e. The van der Waals surface area contributed by atoms with Gasteiger partial charge < -0.3 is 0 Å². The van der Waals surface area contributed by atoms with Crippen LogP contribution < -0.4 is 0 Å². The number of nitrogens with zero attached hydrogens (tertiary/aromatic N) is 2. The van der Waals surface area contributed by atoms with E-state index in [0.29, 0.717) is 0 Å². The van der Waals surface area contributed by atoms with E-state index < -0.39 is 33.4 Å². The van der Waals surface area contributed by atoms with Gasteiger partial charge in [-0.1, -0.05) is 74.4 Å². The van der Waals surface area contributed by atoms with Gasteiger partial charge in [0.05, 0.1) is 17.5 Å². The molecule has 0 aliphatic carbocycles. The molecule has 174 valence electrons. The lowest BCUT2D eigenvalue weighted by Gasteiger charge is -2.31. The van der Waals surface area contributed by atoms with Gasteiger partial charge in [0.2, 0.25) is 5.91 Å². The topological polar surface area (TPSA) is 74.8 Å². The van der Waals surface area contributed by atoms with E-state index in [0.717, 1.165) is 25.9 Å². The van der Waals surface area contributed by atoms with Crippen molar-refractivity contribution in [2.45, 2.75) is 97.9 Å². The van der Waals surface area contributed by atoms with Crippen LogP contribution in [0.15, 0.2) is 17.0 Å². The van der Waals surface area contributed by atoms with Crippen molar-refractivity contribution in [1.82, 2.24) is 9.21 Å². The summed E-state index contributed by atoms with van der Waals surface area (Å²) in [5, 5.41) is 0. The van der Waals surface area contributed by atoms with Crippen LogP contribution in [0.3, 0.4) is 0 Å².